The first-order valence-electron chi connectivity index (χ1n) is 12.5. The molecule has 1 saturated carbocycles. The van der Waals surface area contributed by atoms with E-state index in [2.05, 4.69) is 27.0 Å². The largest absolute Gasteiger partial charge is 0.328 e. The van der Waals surface area contributed by atoms with Crippen molar-refractivity contribution in [3.8, 4) is 11.8 Å². The van der Waals surface area contributed by atoms with Crippen molar-refractivity contribution in [1.29, 1.82) is 0 Å². The van der Waals surface area contributed by atoms with Crippen LogP contribution < -0.4 is 16.0 Å². The van der Waals surface area contributed by atoms with E-state index in [1.165, 1.54) is 32.2 Å². The van der Waals surface area contributed by atoms with Gasteiger partial charge >= 0.3 is 6.03 Å². The number of rotatable bonds is 3. The number of likely N-dealkylation sites (tertiary alicyclic amines) is 1. The number of carbonyl (C=O) groups excluding carboxylic acids is 2. The number of urea groups is 1. The number of nitrogens with one attached hydrogen (secondary N) is 1. The van der Waals surface area contributed by atoms with Crippen molar-refractivity contribution in [2.24, 2.45) is 17.6 Å². The van der Waals surface area contributed by atoms with Crippen molar-refractivity contribution in [2.75, 3.05) is 31.1 Å². The van der Waals surface area contributed by atoms with E-state index >= 15 is 0 Å². The lowest BCUT2D eigenvalue weighted by Crippen LogP contribution is -2.49. The number of pyridine rings is 1. The van der Waals surface area contributed by atoms with Crippen LogP contribution in [-0.2, 0) is 4.79 Å². The predicted molar refractivity (Wildman–Crippen MR) is 133 cm³/mol. The second-order valence-corrected chi connectivity index (χ2v) is 9.97. The SMILES string of the molecule is NC1CCC(CN2CCC(C#Cc3ccc4c(N5CCC(=O)NC5=O)cncc4c3)CC2)CC1. The van der Waals surface area contributed by atoms with Crippen LogP contribution in [0.4, 0.5) is 10.5 Å². The van der Waals surface area contributed by atoms with Gasteiger partial charge in [-0.15, -0.1) is 0 Å². The topological polar surface area (TPSA) is 91.6 Å². The third-order valence-corrected chi connectivity index (χ3v) is 7.50. The van der Waals surface area contributed by atoms with Crippen molar-refractivity contribution >= 4 is 28.4 Å². The molecule has 2 aliphatic heterocycles. The Labute approximate surface area is 201 Å². The molecule has 3 heterocycles. The monoisotopic (exact) mass is 459 g/mol. The molecule has 3 amide bonds. The van der Waals surface area contributed by atoms with Gasteiger partial charge in [0, 0.05) is 54.0 Å². The summed E-state index contributed by atoms with van der Waals surface area (Å²) in [5, 5.41) is 4.25. The second-order valence-electron chi connectivity index (χ2n) is 9.97. The smallest absolute Gasteiger partial charge is 0.328 e. The molecule has 0 bridgehead atoms. The molecule has 178 valence electrons. The molecule has 1 aromatic carbocycles. The Morgan fingerprint density at radius 1 is 1.03 bits per heavy atom. The van der Waals surface area contributed by atoms with E-state index in [-0.39, 0.29) is 5.91 Å². The average molecular weight is 460 g/mol. The van der Waals surface area contributed by atoms with Crippen LogP contribution in [0.1, 0.15) is 50.5 Å². The third-order valence-electron chi connectivity index (χ3n) is 7.50. The Balaban J connectivity index is 1.21. The van der Waals surface area contributed by atoms with E-state index in [4.69, 9.17) is 5.73 Å². The number of nitrogens with two attached hydrogens (primary N) is 1. The van der Waals surface area contributed by atoms with Gasteiger partial charge in [-0.25, -0.2) is 4.79 Å². The summed E-state index contributed by atoms with van der Waals surface area (Å²) < 4.78 is 0. The summed E-state index contributed by atoms with van der Waals surface area (Å²) in [5.41, 5.74) is 7.73. The molecule has 0 spiro atoms. The third kappa shape index (κ3) is 5.24. The maximum atomic E-state index is 12.3. The number of aromatic nitrogens is 1. The fourth-order valence-electron chi connectivity index (χ4n) is 5.43. The maximum Gasteiger partial charge on any atom is 0.328 e. The van der Waals surface area contributed by atoms with Gasteiger partial charge in [0.15, 0.2) is 0 Å². The Bertz CT molecular complexity index is 1120. The quantitative estimate of drug-likeness (QED) is 0.688. The number of carbonyl (C=O) groups is 2. The van der Waals surface area contributed by atoms with Crippen molar-refractivity contribution in [3.63, 3.8) is 0 Å². The highest BCUT2D eigenvalue weighted by Crippen LogP contribution is 2.28. The zero-order valence-electron chi connectivity index (χ0n) is 19.6. The number of fused-ring (bicyclic) bond motifs is 1. The first kappa shape index (κ1) is 22.8. The number of nitrogens with zero attached hydrogens (tertiary/aromatic N) is 3. The zero-order chi connectivity index (χ0) is 23.5. The van der Waals surface area contributed by atoms with Gasteiger partial charge in [0.05, 0.1) is 11.9 Å². The van der Waals surface area contributed by atoms with Crippen LogP contribution in [0, 0.1) is 23.7 Å². The van der Waals surface area contributed by atoms with Gasteiger partial charge in [-0.05, 0) is 69.7 Å². The lowest BCUT2D eigenvalue weighted by Gasteiger charge is -2.35. The Kier molecular flexibility index (Phi) is 6.80. The van der Waals surface area contributed by atoms with Crippen LogP contribution in [0.25, 0.3) is 10.8 Å². The first-order valence-corrected chi connectivity index (χ1v) is 12.5. The standard InChI is InChI=1S/C27H33N5O2/c28-23-6-3-21(4-7-23)18-31-12-9-19(10-13-31)1-2-20-5-8-24-22(15-20)16-29-17-25(24)32-14-11-26(33)30-27(32)34/h5,8,15-17,19,21,23H,3-4,6-7,9-14,18,28H2,(H,30,33,34). The van der Waals surface area contributed by atoms with E-state index in [1.807, 2.05) is 18.2 Å². The molecule has 0 unspecified atom stereocenters. The number of benzene rings is 1. The molecule has 1 aliphatic carbocycles. The van der Waals surface area contributed by atoms with Crippen LogP contribution in [0.5, 0.6) is 0 Å². The molecule has 1 aromatic heterocycles. The second kappa shape index (κ2) is 10.1. The molecule has 7 heteroatoms. The van der Waals surface area contributed by atoms with Gasteiger partial charge in [-0.1, -0.05) is 17.9 Å². The van der Waals surface area contributed by atoms with E-state index in [1.54, 1.807) is 17.3 Å². The summed E-state index contributed by atoms with van der Waals surface area (Å²) in [7, 11) is 0. The molecule has 0 atom stereocenters. The molecule has 34 heavy (non-hydrogen) atoms. The van der Waals surface area contributed by atoms with E-state index in [9.17, 15) is 9.59 Å². The van der Waals surface area contributed by atoms with Crippen molar-refractivity contribution in [2.45, 2.75) is 51.0 Å². The summed E-state index contributed by atoms with van der Waals surface area (Å²) in [4.78, 5) is 32.3. The highest BCUT2D eigenvalue weighted by molar-refractivity contribution is 6.09. The zero-order valence-corrected chi connectivity index (χ0v) is 19.6. The van der Waals surface area contributed by atoms with Gasteiger partial charge in [-0.3, -0.25) is 20.0 Å². The van der Waals surface area contributed by atoms with Crippen LogP contribution in [-0.4, -0.2) is 54.0 Å². The minimum atomic E-state index is -0.396. The summed E-state index contributed by atoms with van der Waals surface area (Å²) in [6, 6.07) is 6.07. The molecule has 2 saturated heterocycles. The Morgan fingerprint density at radius 2 is 1.82 bits per heavy atom. The van der Waals surface area contributed by atoms with Gasteiger partial charge in [-0.2, -0.15) is 0 Å². The first-order chi connectivity index (χ1) is 16.5. The number of hydrogen-bond acceptors (Lipinski definition) is 5. The number of anilines is 1. The number of piperidine rings is 1. The fraction of sp³-hybridized carbons (Fsp3) is 0.519. The van der Waals surface area contributed by atoms with Crippen molar-refractivity contribution in [3.05, 3.63) is 36.2 Å². The van der Waals surface area contributed by atoms with E-state index < -0.39 is 6.03 Å². The summed E-state index contributed by atoms with van der Waals surface area (Å²) in [6.07, 6.45) is 10.9. The predicted octanol–water partition coefficient (Wildman–Crippen LogP) is 3.26. The molecule has 3 fully saturated rings. The van der Waals surface area contributed by atoms with Crippen LogP contribution in [0.3, 0.4) is 0 Å². The number of amides is 3. The molecule has 5 rings (SSSR count). The average Bonchev–Trinajstić information content (AvgIpc) is 2.85. The molecular weight excluding hydrogens is 426 g/mol. The molecule has 7 nitrogen and oxygen atoms in total. The fourth-order valence-corrected chi connectivity index (χ4v) is 5.43. The van der Waals surface area contributed by atoms with E-state index in [0.717, 1.165) is 48.2 Å². The molecule has 3 N–H and O–H groups in total. The van der Waals surface area contributed by atoms with Gasteiger partial charge in [0.2, 0.25) is 5.91 Å². The van der Waals surface area contributed by atoms with Crippen LogP contribution >= 0.6 is 0 Å². The molecular formula is C27H33N5O2. The van der Waals surface area contributed by atoms with E-state index in [0.29, 0.717) is 30.6 Å². The molecule has 2 aromatic rings. The van der Waals surface area contributed by atoms with Gasteiger partial charge in [0.1, 0.15) is 0 Å². The number of hydrogen-bond donors (Lipinski definition) is 2. The molecule has 0 radical (unpaired) electrons. The van der Waals surface area contributed by atoms with Crippen molar-refractivity contribution in [1.82, 2.24) is 15.2 Å². The van der Waals surface area contributed by atoms with Crippen molar-refractivity contribution < 1.29 is 9.59 Å². The maximum absolute atomic E-state index is 12.3. The summed E-state index contributed by atoms with van der Waals surface area (Å²) in [5.74, 6) is 7.88. The highest BCUT2D eigenvalue weighted by atomic mass is 16.2. The Morgan fingerprint density at radius 3 is 2.59 bits per heavy atom. The van der Waals surface area contributed by atoms with Gasteiger partial charge in [0.25, 0.3) is 0 Å². The van der Waals surface area contributed by atoms with Crippen LogP contribution in [0.2, 0.25) is 0 Å². The minimum Gasteiger partial charge on any atom is -0.328 e. The minimum absolute atomic E-state index is 0.239. The van der Waals surface area contributed by atoms with Crippen LogP contribution in [0.15, 0.2) is 30.6 Å². The lowest BCUT2D eigenvalue weighted by atomic mass is 9.85. The molecule has 3 aliphatic rings. The van der Waals surface area contributed by atoms with Gasteiger partial charge < -0.3 is 10.6 Å². The lowest BCUT2D eigenvalue weighted by molar-refractivity contribution is -0.120. The summed E-state index contributed by atoms with van der Waals surface area (Å²) in [6.45, 7) is 3.84. The normalized spacial score (nSPS) is 24.6. The summed E-state index contributed by atoms with van der Waals surface area (Å²) >= 11 is 0. The highest BCUT2D eigenvalue weighted by Gasteiger charge is 2.26. The number of imide groups is 1. The Hall–Kier alpha value is -2.95.